The van der Waals surface area contributed by atoms with E-state index in [2.05, 4.69) is 106 Å². The van der Waals surface area contributed by atoms with Gasteiger partial charge in [-0.05, 0) is 116 Å². The Morgan fingerprint density at radius 1 is 0.348 bits per heavy atom. The molecule has 0 saturated heterocycles. The SMILES string of the molecule is CC/C=C\C/C=C\C/C=C\C/C=C\C/C=C\CCCCCC(=O)OCC(COCCCCCCCCCC/C=C\CCCCCCCC)OC(=O)CCCCCCC/C=C\CCCCCC. The Labute approximate surface area is 409 Å². The first-order valence-corrected chi connectivity index (χ1v) is 28.1. The monoisotopic (exact) mass is 919 g/mol. The van der Waals surface area contributed by atoms with Gasteiger partial charge >= 0.3 is 11.9 Å². The molecule has 0 aromatic carbocycles. The van der Waals surface area contributed by atoms with E-state index >= 15 is 0 Å². The Hall–Kier alpha value is -2.92. The molecule has 0 rings (SSSR count). The van der Waals surface area contributed by atoms with E-state index in [4.69, 9.17) is 14.2 Å². The standard InChI is InChI=1S/C61H106O5/c1-4-7-10-13-16-19-22-25-27-29-31-32-34-37-39-42-45-48-51-54-60(62)65-58-59(66-61(63)55-52-49-46-43-40-36-24-21-18-15-12-9-6-3)57-64-56-53-50-47-44-41-38-35-33-30-28-26-23-20-17-14-11-8-5-2/h7,10,16,19,21,24-28,31-32,37,39,59H,4-6,8-9,11-15,17-18,20,22-23,29-30,33-36,38,40-58H2,1-3H3/b10-7-,19-16-,24-21-,27-25-,28-26-,32-31-,39-37-. The van der Waals surface area contributed by atoms with Crippen molar-refractivity contribution in [3.63, 3.8) is 0 Å². The predicted molar refractivity (Wildman–Crippen MR) is 288 cm³/mol. The fraction of sp³-hybridized carbons (Fsp3) is 0.738. The third kappa shape index (κ3) is 53.7. The molecule has 0 aliphatic carbocycles. The molecule has 1 unspecified atom stereocenters. The second kappa shape index (κ2) is 56.4. The number of rotatable bonds is 51. The maximum Gasteiger partial charge on any atom is 0.306 e. The summed E-state index contributed by atoms with van der Waals surface area (Å²) < 4.78 is 17.4. The molecule has 0 aromatic rings. The highest BCUT2D eigenvalue weighted by atomic mass is 16.6. The van der Waals surface area contributed by atoms with E-state index in [-0.39, 0.29) is 25.2 Å². The number of allylic oxidation sites excluding steroid dienone is 14. The van der Waals surface area contributed by atoms with Gasteiger partial charge in [0, 0.05) is 19.4 Å². The molecular weight excluding hydrogens is 813 g/mol. The number of carbonyl (C=O) groups excluding carboxylic acids is 2. The summed E-state index contributed by atoms with van der Waals surface area (Å²) in [6.07, 6.45) is 74.6. The Morgan fingerprint density at radius 2 is 0.682 bits per heavy atom. The Morgan fingerprint density at radius 3 is 1.14 bits per heavy atom. The molecule has 0 aliphatic heterocycles. The van der Waals surface area contributed by atoms with Crippen LogP contribution in [0.3, 0.4) is 0 Å². The minimum Gasteiger partial charge on any atom is -0.462 e. The van der Waals surface area contributed by atoms with Crippen LogP contribution in [0.1, 0.15) is 265 Å². The van der Waals surface area contributed by atoms with Gasteiger partial charge in [0.15, 0.2) is 6.10 Å². The highest BCUT2D eigenvalue weighted by Gasteiger charge is 2.17. The molecule has 5 heteroatoms. The lowest BCUT2D eigenvalue weighted by molar-refractivity contribution is -0.163. The van der Waals surface area contributed by atoms with Crippen LogP contribution in [0.15, 0.2) is 85.1 Å². The average Bonchev–Trinajstić information content (AvgIpc) is 3.32. The molecule has 66 heavy (non-hydrogen) atoms. The van der Waals surface area contributed by atoms with Crippen LogP contribution in [0, 0.1) is 0 Å². The van der Waals surface area contributed by atoms with Crippen molar-refractivity contribution < 1.29 is 23.8 Å². The van der Waals surface area contributed by atoms with Crippen LogP contribution in [0.4, 0.5) is 0 Å². The number of hydrogen-bond acceptors (Lipinski definition) is 5. The summed E-state index contributed by atoms with van der Waals surface area (Å²) >= 11 is 0. The molecule has 0 aromatic heterocycles. The molecule has 0 bridgehead atoms. The molecule has 5 nitrogen and oxygen atoms in total. The summed E-state index contributed by atoms with van der Waals surface area (Å²) in [6, 6.07) is 0. The minimum absolute atomic E-state index is 0.0612. The van der Waals surface area contributed by atoms with E-state index in [1.54, 1.807) is 0 Å². The molecule has 380 valence electrons. The van der Waals surface area contributed by atoms with Gasteiger partial charge in [0.1, 0.15) is 6.61 Å². The normalized spacial score (nSPS) is 12.8. The fourth-order valence-corrected chi connectivity index (χ4v) is 7.70. The van der Waals surface area contributed by atoms with Crippen LogP contribution in [-0.2, 0) is 23.8 Å². The van der Waals surface area contributed by atoms with Gasteiger partial charge in [-0.1, -0.05) is 221 Å². The zero-order valence-electron chi connectivity index (χ0n) is 43.7. The number of carbonyl (C=O) groups is 2. The Kier molecular flexibility index (Phi) is 53.9. The molecule has 0 N–H and O–H groups in total. The van der Waals surface area contributed by atoms with E-state index in [0.717, 1.165) is 96.3 Å². The molecule has 0 saturated carbocycles. The molecule has 0 radical (unpaired) electrons. The molecule has 0 fully saturated rings. The number of hydrogen-bond donors (Lipinski definition) is 0. The Balaban J connectivity index is 4.33. The minimum atomic E-state index is -0.559. The smallest absolute Gasteiger partial charge is 0.306 e. The van der Waals surface area contributed by atoms with Crippen molar-refractivity contribution in [1.82, 2.24) is 0 Å². The lowest BCUT2D eigenvalue weighted by atomic mass is 10.1. The molecule has 1 atom stereocenters. The number of ether oxygens (including phenoxy) is 3. The van der Waals surface area contributed by atoms with Gasteiger partial charge < -0.3 is 14.2 Å². The first-order chi connectivity index (χ1) is 32.6. The maximum atomic E-state index is 12.8. The summed E-state index contributed by atoms with van der Waals surface area (Å²) in [4.78, 5) is 25.5. The number of esters is 2. The van der Waals surface area contributed by atoms with Crippen molar-refractivity contribution in [3.8, 4) is 0 Å². The molecule has 0 amide bonds. The van der Waals surface area contributed by atoms with Crippen LogP contribution in [0.5, 0.6) is 0 Å². The zero-order valence-corrected chi connectivity index (χ0v) is 43.7. The quantitative estimate of drug-likeness (QED) is 0.0346. The van der Waals surface area contributed by atoms with E-state index < -0.39 is 6.10 Å². The second-order valence-corrected chi connectivity index (χ2v) is 18.4. The van der Waals surface area contributed by atoms with E-state index in [9.17, 15) is 9.59 Å². The van der Waals surface area contributed by atoms with Gasteiger partial charge in [0.25, 0.3) is 0 Å². The van der Waals surface area contributed by atoms with Gasteiger partial charge in [0.2, 0.25) is 0 Å². The summed E-state index contributed by atoms with van der Waals surface area (Å²) in [5.41, 5.74) is 0. The maximum absolute atomic E-state index is 12.8. The first-order valence-electron chi connectivity index (χ1n) is 28.1. The summed E-state index contributed by atoms with van der Waals surface area (Å²) in [5, 5.41) is 0. The van der Waals surface area contributed by atoms with Crippen molar-refractivity contribution in [2.24, 2.45) is 0 Å². The van der Waals surface area contributed by atoms with Crippen molar-refractivity contribution in [2.75, 3.05) is 19.8 Å². The van der Waals surface area contributed by atoms with Crippen molar-refractivity contribution in [1.29, 1.82) is 0 Å². The second-order valence-electron chi connectivity index (χ2n) is 18.4. The van der Waals surface area contributed by atoms with Crippen LogP contribution < -0.4 is 0 Å². The van der Waals surface area contributed by atoms with Crippen LogP contribution >= 0.6 is 0 Å². The molecule has 0 aliphatic rings. The summed E-state index contributed by atoms with van der Waals surface area (Å²) in [6.45, 7) is 7.66. The van der Waals surface area contributed by atoms with Gasteiger partial charge in [-0.3, -0.25) is 9.59 Å². The van der Waals surface area contributed by atoms with Gasteiger partial charge in [-0.2, -0.15) is 0 Å². The first kappa shape index (κ1) is 63.1. The largest absolute Gasteiger partial charge is 0.462 e. The van der Waals surface area contributed by atoms with E-state index in [0.29, 0.717) is 19.4 Å². The number of unbranched alkanes of at least 4 members (excludes halogenated alkanes) is 26. The van der Waals surface area contributed by atoms with Gasteiger partial charge in [0.05, 0.1) is 6.61 Å². The van der Waals surface area contributed by atoms with Crippen LogP contribution in [-0.4, -0.2) is 37.9 Å². The Bertz CT molecular complexity index is 1220. The van der Waals surface area contributed by atoms with E-state index in [1.165, 1.54) is 135 Å². The topological polar surface area (TPSA) is 61.8 Å². The van der Waals surface area contributed by atoms with Gasteiger partial charge in [-0.25, -0.2) is 0 Å². The third-order valence-corrected chi connectivity index (χ3v) is 11.9. The van der Waals surface area contributed by atoms with Crippen LogP contribution in [0.25, 0.3) is 0 Å². The summed E-state index contributed by atoms with van der Waals surface area (Å²) in [5.74, 6) is -0.442. The molecule has 0 spiro atoms. The van der Waals surface area contributed by atoms with Gasteiger partial charge in [-0.15, -0.1) is 0 Å². The highest BCUT2D eigenvalue weighted by molar-refractivity contribution is 5.70. The lowest BCUT2D eigenvalue weighted by Crippen LogP contribution is -2.30. The highest BCUT2D eigenvalue weighted by Crippen LogP contribution is 2.14. The lowest BCUT2D eigenvalue weighted by Gasteiger charge is -2.18. The van der Waals surface area contributed by atoms with Crippen molar-refractivity contribution in [3.05, 3.63) is 85.1 Å². The van der Waals surface area contributed by atoms with Crippen LogP contribution in [0.2, 0.25) is 0 Å². The fourth-order valence-electron chi connectivity index (χ4n) is 7.70. The zero-order chi connectivity index (χ0) is 47.7. The molecular formula is C61H106O5. The average molecular weight is 920 g/mol. The predicted octanol–water partition coefficient (Wildman–Crippen LogP) is 19.2. The summed E-state index contributed by atoms with van der Waals surface area (Å²) in [7, 11) is 0. The molecule has 0 heterocycles. The third-order valence-electron chi connectivity index (χ3n) is 11.9. The van der Waals surface area contributed by atoms with Crippen molar-refractivity contribution in [2.45, 2.75) is 271 Å². The van der Waals surface area contributed by atoms with Crippen molar-refractivity contribution >= 4 is 11.9 Å². The van der Waals surface area contributed by atoms with E-state index in [1.807, 2.05) is 0 Å².